The lowest BCUT2D eigenvalue weighted by Gasteiger charge is -2.27. The topological polar surface area (TPSA) is 264 Å². The number of aromatic nitrogens is 6. The molecule has 10 N–H and O–H groups in total. The fourth-order valence-corrected chi connectivity index (χ4v) is 7.35. The number of aliphatic imine (C=N–C) groups is 1. The van der Waals surface area contributed by atoms with Gasteiger partial charge in [-0.25, -0.2) is 9.97 Å². The standard InChI is InChI=1S/C44H66ClN13O4/c1-3-12-35(60)25-29-58(27-9-4-5-11-30-59)28-10-7-14-36(42-53-55-56-54-42)57(2)37(61)24-19-32-17-22-34(23-18-32)33-20-15-31(16-21-33)13-6-8-26-49-44(48)52-43(62)38-40(46)51-41(47)39(45)50-38/h15-18,20-23,35-36,59-60H,3-14,19,24-30H2,1-2H3,(H4,46,47,51)(H3,48,49,52,62)(H,53,54,55,56)/t35?,36-/m0/s1. The summed E-state index contributed by atoms with van der Waals surface area (Å²) in [7, 11) is 1.82. The number of nitrogens with two attached hydrogens (primary N) is 3. The van der Waals surface area contributed by atoms with Gasteiger partial charge in [-0.05, 0) is 106 Å². The Morgan fingerprint density at radius 1 is 0.839 bits per heavy atom. The van der Waals surface area contributed by atoms with Crippen LogP contribution in [0.15, 0.2) is 53.5 Å². The van der Waals surface area contributed by atoms with Crippen molar-refractivity contribution in [2.45, 2.75) is 115 Å². The highest BCUT2D eigenvalue weighted by Gasteiger charge is 2.25. The van der Waals surface area contributed by atoms with Crippen LogP contribution in [0.1, 0.15) is 124 Å². The molecule has 0 radical (unpaired) electrons. The van der Waals surface area contributed by atoms with Crippen molar-refractivity contribution >= 4 is 41.0 Å². The van der Waals surface area contributed by atoms with E-state index in [9.17, 15) is 14.7 Å². The Labute approximate surface area is 370 Å². The van der Waals surface area contributed by atoms with Gasteiger partial charge in [0, 0.05) is 33.2 Å². The number of guanidine groups is 1. The maximum absolute atomic E-state index is 13.5. The van der Waals surface area contributed by atoms with Gasteiger partial charge < -0.3 is 37.2 Å². The first-order valence-electron chi connectivity index (χ1n) is 21.9. The summed E-state index contributed by atoms with van der Waals surface area (Å²) in [6.45, 7) is 5.53. The Balaban J connectivity index is 1.19. The second kappa shape index (κ2) is 27.0. The first kappa shape index (κ1) is 49.4. The first-order valence-corrected chi connectivity index (χ1v) is 22.2. The van der Waals surface area contributed by atoms with Crippen LogP contribution >= 0.6 is 11.6 Å². The lowest BCUT2D eigenvalue weighted by atomic mass is 9.99. The van der Waals surface area contributed by atoms with E-state index in [1.807, 2.05) is 7.05 Å². The zero-order chi connectivity index (χ0) is 44.7. The lowest BCUT2D eigenvalue weighted by molar-refractivity contribution is -0.132. The molecule has 0 saturated heterocycles. The molecule has 4 rings (SSSR count). The highest BCUT2D eigenvalue weighted by atomic mass is 35.5. The molecule has 2 aromatic carbocycles. The van der Waals surface area contributed by atoms with Crippen molar-refractivity contribution in [2.24, 2.45) is 10.7 Å². The van der Waals surface area contributed by atoms with Crippen molar-refractivity contribution < 1.29 is 19.8 Å². The van der Waals surface area contributed by atoms with Gasteiger partial charge >= 0.3 is 0 Å². The SMILES string of the molecule is CCCC(O)CCN(CCCCCCO)CCCC[C@@H](c1nn[nH]n1)N(C)C(=O)CCc1ccc(-c2ccc(CCCCN=C(N)NC(=O)c3nc(Cl)c(N)nc3N)cc2)cc1. The van der Waals surface area contributed by atoms with E-state index in [1.54, 1.807) is 4.90 Å². The number of carbonyl (C=O) groups is 2. The van der Waals surface area contributed by atoms with Gasteiger partial charge in [0.15, 0.2) is 34.3 Å². The summed E-state index contributed by atoms with van der Waals surface area (Å²) in [6.07, 6.45) is 12.4. The minimum atomic E-state index is -0.673. The van der Waals surface area contributed by atoms with Crippen LogP contribution in [0.25, 0.3) is 11.1 Å². The van der Waals surface area contributed by atoms with Crippen LogP contribution in [-0.4, -0.2) is 114 Å². The Morgan fingerprint density at radius 2 is 1.50 bits per heavy atom. The number of carbonyl (C=O) groups excluding carboxylic acids is 2. The summed E-state index contributed by atoms with van der Waals surface area (Å²) in [4.78, 5) is 42.0. The Bertz CT molecular complexity index is 1950. The summed E-state index contributed by atoms with van der Waals surface area (Å²) in [5, 5.41) is 36.6. The molecule has 62 heavy (non-hydrogen) atoms. The molecule has 0 aliphatic rings. The molecule has 0 fully saturated rings. The Morgan fingerprint density at radius 3 is 2.15 bits per heavy atom. The predicted octanol–water partition coefficient (Wildman–Crippen LogP) is 5.25. The van der Waals surface area contributed by atoms with Crippen molar-refractivity contribution in [1.29, 1.82) is 0 Å². The van der Waals surface area contributed by atoms with Crippen LogP contribution < -0.4 is 22.5 Å². The number of unbranched alkanes of at least 4 members (excludes halogenated alkanes) is 5. The number of nitrogen functional groups attached to an aromatic ring is 2. The molecule has 0 saturated carbocycles. The molecule has 0 aliphatic heterocycles. The van der Waals surface area contributed by atoms with Gasteiger partial charge in [-0.1, -0.05) is 91.5 Å². The molecule has 338 valence electrons. The number of benzene rings is 2. The summed E-state index contributed by atoms with van der Waals surface area (Å²) in [5.41, 5.74) is 21.5. The van der Waals surface area contributed by atoms with E-state index < -0.39 is 5.91 Å². The number of aliphatic hydroxyl groups excluding tert-OH is 2. The number of amides is 2. The predicted molar refractivity (Wildman–Crippen MR) is 244 cm³/mol. The molecule has 1 unspecified atom stereocenters. The van der Waals surface area contributed by atoms with Crippen molar-refractivity contribution in [2.75, 3.05) is 51.3 Å². The monoisotopic (exact) mass is 876 g/mol. The number of aryl methyl sites for hydroxylation is 2. The number of aromatic amines is 1. The summed E-state index contributed by atoms with van der Waals surface area (Å²) in [5.74, 6) is -0.411. The largest absolute Gasteiger partial charge is 0.396 e. The van der Waals surface area contributed by atoms with Gasteiger partial charge in [-0.3, -0.25) is 19.9 Å². The fourth-order valence-electron chi connectivity index (χ4n) is 7.22. The number of rotatable bonds is 28. The van der Waals surface area contributed by atoms with Gasteiger partial charge in [0.05, 0.1) is 12.1 Å². The molecule has 2 heterocycles. The quantitative estimate of drug-likeness (QED) is 0.0219. The van der Waals surface area contributed by atoms with Gasteiger partial charge in [0.25, 0.3) is 5.91 Å². The molecule has 18 heteroatoms. The summed E-state index contributed by atoms with van der Waals surface area (Å²) >= 11 is 5.85. The van der Waals surface area contributed by atoms with E-state index in [2.05, 4.69) is 101 Å². The highest BCUT2D eigenvalue weighted by molar-refractivity contribution is 6.31. The van der Waals surface area contributed by atoms with Crippen molar-refractivity contribution in [3.05, 3.63) is 76.3 Å². The van der Waals surface area contributed by atoms with E-state index in [0.29, 0.717) is 25.2 Å². The minimum absolute atomic E-state index is 0.0250. The minimum Gasteiger partial charge on any atom is -0.396 e. The van der Waals surface area contributed by atoms with E-state index in [-0.39, 0.29) is 53.1 Å². The number of nitrogens with zero attached hydrogens (tertiary/aromatic N) is 8. The van der Waals surface area contributed by atoms with Gasteiger partial charge in [-0.15, -0.1) is 10.2 Å². The number of halogens is 1. The molecule has 0 spiro atoms. The average molecular weight is 877 g/mol. The van der Waals surface area contributed by atoms with Crippen molar-refractivity contribution in [3.63, 3.8) is 0 Å². The van der Waals surface area contributed by atoms with Gasteiger partial charge in [-0.2, -0.15) is 5.21 Å². The first-order chi connectivity index (χ1) is 30.0. The van der Waals surface area contributed by atoms with Gasteiger partial charge in [0.2, 0.25) is 5.91 Å². The third kappa shape index (κ3) is 16.9. The molecular weight excluding hydrogens is 810 g/mol. The number of hydrogen-bond donors (Lipinski definition) is 7. The number of hydrogen-bond acceptors (Lipinski definition) is 13. The molecule has 2 atom stereocenters. The number of aliphatic hydroxyl groups is 2. The van der Waals surface area contributed by atoms with E-state index in [4.69, 9.17) is 33.9 Å². The van der Waals surface area contributed by atoms with Crippen LogP contribution in [0, 0.1) is 0 Å². The zero-order valence-corrected chi connectivity index (χ0v) is 37.1. The van der Waals surface area contributed by atoms with Gasteiger partial charge in [0.1, 0.15) is 0 Å². The Kier molecular flexibility index (Phi) is 21.5. The highest BCUT2D eigenvalue weighted by Crippen LogP contribution is 2.25. The molecule has 4 aromatic rings. The zero-order valence-electron chi connectivity index (χ0n) is 36.3. The van der Waals surface area contributed by atoms with Crippen LogP contribution in [0.4, 0.5) is 11.6 Å². The molecule has 17 nitrogen and oxygen atoms in total. The second-order valence-electron chi connectivity index (χ2n) is 15.7. The molecule has 2 aromatic heterocycles. The van der Waals surface area contributed by atoms with E-state index >= 15 is 0 Å². The molecule has 0 aliphatic carbocycles. The summed E-state index contributed by atoms with van der Waals surface area (Å²) in [6, 6.07) is 16.5. The lowest BCUT2D eigenvalue weighted by Crippen LogP contribution is -2.38. The van der Waals surface area contributed by atoms with Crippen LogP contribution in [0.5, 0.6) is 0 Å². The van der Waals surface area contributed by atoms with E-state index in [1.165, 1.54) is 5.56 Å². The van der Waals surface area contributed by atoms with Crippen molar-refractivity contribution in [1.82, 2.24) is 45.7 Å². The van der Waals surface area contributed by atoms with E-state index in [0.717, 1.165) is 120 Å². The third-order valence-corrected chi connectivity index (χ3v) is 11.2. The molecular formula is C44H66ClN13O4. The maximum atomic E-state index is 13.5. The van der Waals surface area contributed by atoms with Crippen molar-refractivity contribution in [3.8, 4) is 11.1 Å². The number of nitrogens with one attached hydrogen (secondary N) is 2. The van der Waals surface area contributed by atoms with Crippen LogP contribution in [-0.2, 0) is 17.6 Å². The number of tetrazole rings is 1. The second-order valence-corrected chi connectivity index (χ2v) is 16.1. The average Bonchev–Trinajstić information content (AvgIpc) is 3.80. The third-order valence-electron chi connectivity index (χ3n) is 10.9. The molecule has 0 bridgehead atoms. The van der Waals surface area contributed by atoms with Crippen LogP contribution in [0.2, 0.25) is 5.15 Å². The normalized spacial score (nSPS) is 12.7. The van der Waals surface area contributed by atoms with Crippen LogP contribution in [0.3, 0.4) is 0 Å². The number of H-pyrrole nitrogens is 1. The maximum Gasteiger partial charge on any atom is 0.280 e. The summed E-state index contributed by atoms with van der Waals surface area (Å²) < 4.78 is 0. The molecule has 2 amide bonds. The smallest absolute Gasteiger partial charge is 0.280 e. The fraction of sp³-hybridized carbons (Fsp3) is 0.545. The Hall–Kier alpha value is -5.23. The number of anilines is 2.